The van der Waals surface area contributed by atoms with Crippen LogP contribution in [0.4, 0.5) is 5.82 Å². The van der Waals surface area contributed by atoms with Gasteiger partial charge in [-0.25, -0.2) is 9.67 Å². The first kappa shape index (κ1) is 9.80. The van der Waals surface area contributed by atoms with Gasteiger partial charge in [0, 0.05) is 7.05 Å². The molecule has 1 aliphatic rings. The smallest absolute Gasteiger partial charge is 0.226 e. The van der Waals surface area contributed by atoms with E-state index in [1.807, 2.05) is 4.68 Å². The Labute approximate surface area is 96.6 Å². The van der Waals surface area contributed by atoms with Crippen LogP contribution in [-0.4, -0.2) is 40.0 Å². The van der Waals surface area contributed by atoms with E-state index in [4.69, 9.17) is 16.3 Å². The maximum atomic E-state index is 5.86. The lowest BCUT2D eigenvalue weighted by Crippen LogP contribution is -2.31. The van der Waals surface area contributed by atoms with Crippen molar-refractivity contribution in [1.82, 2.24) is 19.7 Å². The summed E-state index contributed by atoms with van der Waals surface area (Å²) in [5.41, 5.74) is 0.748. The fourth-order valence-corrected chi connectivity index (χ4v) is 1.89. The molecule has 0 bridgehead atoms. The Kier molecular flexibility index (Phi) is 2.19. The lowest BCUT2D eigenvalue weighted by molar-refractivity contribution is -0.0269. The number of fused-ring (bicyclic) bond motifs is 1. The summed E-state index contributed by atoms with van der Waals surface area (Å²) >= 11 is 5.86. The summed E-state index contributed by atoms with van der Waals surface area (Å²) in [6.45, 7) is 1.35. The van der Waals surface area contributed by atoms with Gasteiger partial charge in [0.2, 0.25) is 5.28 Å². The molecule has 0 aliphatic carbocycles. The van der Waals surface area contributed by atoms with Gasteiger partial charge in [0.25, 0.3) is 0 Å². The lowest BCUT2D eigenvalue weighted by atomic mass is 10.2. The molecule has 0 atom stereocenters. The quantitative estimate of drug-likeness (QED) is 0.795. The molecule has 1 fully saturated rings. The Morgan fingerprint density at radius 2 is 2.31 bits per heavy atom. The molecule has 0 saturated carbocycles. The molecule has 84 valence electrons. The van der Waals surface area contributed by atoms with Crippen LogP contribution in [0.5, 0.6) is 0 Å². The summed E-state index contributed by atoms with van der Waals surface area (Å²) in [5.74, 6) is 0.696. The minimum Gasteiger partial charge on any atom is -0.377 e. The normalized spacial score (nSPS) is 16.4. The monoisotopic (exact) mass is 239 g/mol. The molecule has 0 spiro atoms. The third-order valence-electron chi connectivity index (χ3n) is 2.63. The average molecular weight is 240 g/mol. The molecule has 3 rings (SSSR count). The molecule has 2 aromatic rings. The second kappa shape index (κ2) is 3.57. The van der Waals surface area contributed by atoms with Gasteiger partial charge >= 0.3 is 0 Å². The van der Waals surface area contributed by atoms with E-state index >= 15 is 0 Å². The fourth-order valence-electron chi connectivity index (χ4n) is 1.72. The third-order valence-corrected chi connectivity index (χ3v) is 2.80. The Morgan fingerprint density at radius 3 is 2.94 bits per heavy atom. The van der Waals surface area contributed by atoms with Gasteiger partial charge in [0.05, 0.1) is 24.8 Å². The van der Waals surface area contributed by atoms with Crippen LogP contribution < -0.4 is 5.32 Å². The van der Waals surface area contributed by atoms with E-state index in [-0.39, 0.29) is 11.3 Å². The van der Waals surface area contributed by atoms with Crippen molar-refractivity contribution in [2.45, 2.75) is 6.04 Å². The Balaban J connectivity index is 2.20. The molecule has 0 radical (unpaired) electrons. The molecule has 16 heavy (non-hydrogen) atoms. The summed E-state index contributed by atoms with van der Waals surface area (Å²) < 4.78 is 6.98. The van der Waals surface area contributed by atoms with Crippen molar-refractivity contribution < 1.29 is 4.74 Å². The number of hydrogen-bond donors (Lipinski definition) is 1. The van der Waals surface area contributed by atoms with Crippen molar-refractivity contribution in [2.24, 2.45) is 0 Å². The van der Waals surface area contributed by atoms with E-state index < -0.39 is 0 Å². The Hall–Kier alpha value is -1.40. The summed E-state index contributed by atoms with van der Waals surface area (Å²) in [7, 11) is 1.79. The zero-order valence-electron chi connectivity index (χ0n) is 8.64. The minimum absolute atomic E-state index is 0.221. The number of aromatic nitrogens is 4. The van der Waals surface area contributed by atoms with Crippen LogP contribution in [0.2, 0.25) is 5.28 Å². The van der Waals surface area contributed by atoms with Crippen LogP contribution in [0.1, 0.15) is 6.04 Å². The van der Waals surface area contributed by atoms with E-state index in [9.17, 15) is 0 Å². The zero-order valence-corrected chi connectivity index (χ0v) is 9.40. The largest absolute Gasteiger partial charge is 0.377 e. The van der Waals surface area contributed by atoms with E-state index in [1.165, 1.54) is 0 Å². The van der Waals surface area contributed by atoms with Crippen molar-refractivity contribution in [2.75, 3.05) is 25.6 Å². The molecular weight excluding hydrogens is 230 g/mol. The zero-order chi connectivity index (χ0) is 11.1. The van der Waals surface area contributed by atoms with E-state index in [0.717, 1.165) is 11.0 Å². The highest BCUT2D eigenvalue weighted by Gasteiger charge is 2.24. The van der Waals surface area contributed by atoms with Crippen LogP contribution in [0.25, 0.3) is 11.0 Å². The molecule has 0 amide bonds. The third kappa shape index (κ3) is 1.34. The molecule has 1 aliphatic heterocycles. The number of rotatable bonds is 2. The SMILES string of the molecule is CNc1nc(Cl)nc2c1cnn2C1COC1. The van der Waals surface area contributed by atoms with Crippen LogP contribution in [0.15, 0.2) is 6.20 Å². The summed E-state index contributed by atoms with van der Waals surface area (Å²) in [5, 5.41) is 8.38. The highest BCUT2D eigenvalue weighted by molar-refractivity contribution is 6.28. The Bertz CT molecular complexity index is 536. The predicted octanol–water partition coefficient (Wildman–Crippen LogP) is 1.09. The van der Waals surface area contributed by atoms with Gasteiger partial charge < -0.3 is 10.1 Å². The van der Waals surface area contributed by atoms with Gasteiger partial charge in [0.15, 0.2) is 5.65 Å². The second-order valence-corrected chi connectivity index (χ2v) is 3.95. The van der Waals surface area contributed by atoms with Gasteiger partial charge in [-0.3, -0.25) is 0 Å². The van der Waals surface area contributed by atoms with Crippen molar-refractivity contribution in [3.05, 3.63) is 11.5 Å². The predicted molar refractivity (Wildman–Crippen MR) is 59.7 cm³/mol. The van der Waals surface area contributed by atoms with Gasteiger partial charge in [-0.2, -0.15) is 10.1 Å². The molecule has 0 aromatic carbocycles. The first-order valence-corrected chi connectivity index (χ1v) is 5.33. The summed E-state index contributed by atoms with van der Waals surface area (Å²) in [4.78, 5) is 8.30. The molecular formula is C9H10ClN5O. The number of ether oxygens (including phenoxy) is 1. The summed E-state index contributed by atoms with van der Waals surface area (Å²) in [6, 6.07) is 0.258. The van der Waals surface area contributed by atoms with Crippen LogP contribution in [-0.2, 0) is 4.74 Å². The molecule has 1 saturated heterocycles. The van der Waals surface area contributed by atoms with E-state index in [1.54, 1.807) is 13.2 Å². The highest BCUT2D eigenvalue weighted by Crippen LogP contribution is 2.26. The molecule has 6 nitrogen and oxygen atoms in total. The number of anilines is 1. The average Bonchev–Trinajstić information content (AvgIpc) is 2.58. The first-order chi connectivity index (χ1) is 7.79. The van der Waals surface area contributed by atoms with Gasteiger partial charge in [-0.1, -0.05) is 0 Å². The topological polar surface area (TPSA) is 64.9 Å². The van der Waals surface area contributed by atoms with E-state index in [0.29, 0.717) is 19.0 Å². The number of nitrogens with zero attached hydrogens (tertiary/aromatic N) is 4. The van der Waals surface area contributed by atoms with Crippen LogP contribution in [0, 0.1) is 0 Å². The molecule has 3 heterocycles. The lowest BCUT2D eigenvalue weighted by Gasteiger charge is -2.26. The summed E-state index contributed by atoms with van der Waals surface area (Å²) in [6.07, 6.45) is 1.75. The standard InChI is InChI=1S/C9H10ClN5O/c1-11-7-6-2-12-15(5-3-16-4-5)8(6)14-9(10)13-7/h2,5H,3-4H2,1H3,(H,11,13,14). The van der Waals surface area contributed by atoms with Crippen molar-refractivity contribution in [1.29, 1.82) is 0 Å². The van der Waals surface area contributed by atoms with Gasteiger partial charge in [-0.15, -0.1) is 0 Å². The Morgan fingerprint density at radius 1 is 1.50 bits per heavy atom. The van der Waals surface area contributed by atoms with Crippen molar-refractivity contribution >= 4 is 28.5 Å². The van der Waals surface area contributed by atoms with Crippen molar-refractivity contribution in [3.8, 4) is 0 Å². The maximum Gasteiger partial charge on any atom is 0.226 e. The molecule has 0 unspecified atom stereocenters. The van der Waals surface area contributed by atoms with Crippen LogP contribution in [0.3, 0.4) is 0 Å². The molecule has 2 aromatic heterocycles. The minimum atomic E-state index is 0.221. The second-order valence-electron chi connectivity index (χ2n) is 3.61. The van der Waals surface area contributed by atoms with Crippen molar-refractivity contribution in [3.63, 3.8) is 0 Å². The number of nitrogens with one attached hydrogen (secondary N) is 1. The number of hydrogen-bond acceptors (Lipinski definition) is 5. The fraction of sp³-hybridized carbons (Fsp3) is 0.444. The van der Waals surface area contributed by atoms with Gasteiger partial charge in [0.1, 0.15) is 11.9 Å². The number of halogens is 1. The van der Waals surface area contributed by atoms with Crippen LogP contribution >= 0.6 is 11.6 Å². The first-order valence-electron chi connectivity index (χ1n) is 4.96. The van der Waals surface area contributed by atoms with Gasteiger partial charge in [-0.05, 0) is 11.6 Å². The highest BCUT2D eigenvalue weighted by atomic mass is 35.5. The maximum absolute atomic E-state index is 5.86. The molecule has 1 N–H and O–H groups in total. The molecule has 7 heteroatoms. The van der Waals surface area contributed by atoms with E-state index in [2.05, 4.69) is 20.4 Å².